The lowest BCUT2D eigenvalue weighted by Crippen LogP contribution is -2.40. The van der Waals surface area contributed by atoms with Gasteiger partial charge in [-0.05, 0) is 66.8 Å². The number of nitrogens with one attached hydrogen (secondary N) is 2. The summed E-state index contributed by atoms with van der Waals surface area (Å²) in [5, 5.41) is 7.01. The van der Waals surface area contributed by atoms with Crippen LogP contribution in [-0.4, -0.2) is 28.1 Å². The maximum Gasteiger partial charge on any atom is 0.253 e. The molecule has 2 aromatic heterocycles. The minimum Gasteiger partial charge on any atom is -0.494 e. The summed E-state index contributed by atoms with van der Waals surface area (Å²) < 4.78 is 5.62. The van der Waals surface area contributed by atoms with E-state index in [4.69, 9.17) is 17.0 Å². The molecule has 7 heteroatoms. The first-order valence-corrected chi connectivity index (χ1v) is 12.3. The van der Waals surface area contributed by atoms with E-state index in [1.165, 1.54) is 10.4 Å². The molecule has 5 nitrogen and oxygen atoms in total. The van der Waals surface area contributed by atoms with Crippen LogP contribution in [0.1, 0.15) is 22.9 Å². The van der Waals surface area contributed by atoms with Crippen molar-refractivity contribution in [2.45, 2.75) is 26.4 Å². The van der Waals surface area contributed by atoms with Gasteiger partial charge in [-0.25, -0.2) is 0 Å². The second-order valence-corrected chi connectivity index (χ2v) is 9.13. The Morgan fingerprint density at radius 2 is 1.94 bits per heavy atom. The Labute approximate surface area is 203 Å². The first-order chi connectivity index (χ1) is 16.1. The van der Waals surface area contributed by atoms with E-state index in [1.54, 1.807) is 11.3 Å². The summed E-state index contributed by atoms with van der Waals surface area (Å²) in [5.41, 5.74) is 2.61. The number of benzene rings is 2. The third-order valence-corrected chi connectivity index (χ3v) is 6.58. The van der Waals surface area contributed by atoms with E-state index in [0.717, 1.165) is 29.6 Å². The van der Waals surface area contributed by atoms with Crippen molar-refractivity contribution in [3.8, 4) is 5.75 Å². The van der Waals surface area contributed by atoms with Gasteiger partial charge in [0.15, 0.2) is 5.11 Å². The Morgan fingerprint density at radius 1 is 1.09 bits per heavy atom. The summed E-state index contributed by atoms with van der Waals surface area (Å²) in [5.74, 6) is 0.788. The van der Waals surface area contributed by atoms with Crippen LogP contribution in [0.15, 0.2) is 76.9 Å². The monoisotopic (exact) mass is 477 g/mol. The van der Waals surface area contributed by atoms with Crippen LogP contribution in [0.3, 0.4) is 0 Å². The number of nitrogens with zero attached hydrogens (tertiary/aromatic N) is 1. The number of hydrogen-bond donors (Lipinski definition) is 2. The number of ether oxygens (including phenoxy) is 1. The normalized spacial score (nSPS) is 10.8. The van der Waals surface area contributed by atoms with Gasteiger partial charge in [0.05, 0.1) is 19.7 Å². The van der Waals surface area contributed by atoms with E-state index in [2.05, 4.69) is 38.8 Å². The Bertz CT molecular complexity index is 1250. The Kier molecular flexibility index (Phi) is 7.75. The second-order valence-electron chi connectivity index (χ2n) is 7.71. The van der Waals surface area contributed by atoms with E-state index < -0.39 is 0 Å². The summed E-state index contributed by atoms with van der Waals surface area (Å²) in [6, 6.07) is 22.1. The topological polar surface area (TPSA) is 57.4 Å². The van der Waals surface area contributed by atoms with Gasteiger partial charge in [-0.15, -0.1) is 11.3 Å². The van der Waals surface area contributed by atoms with Crippen LogP contribution in [-0.2, 0) is 19.5 Å². The maximum atomic E-state index is 12.8. The van der Waals surface area contributed by atoms with Crippen LogP contribution in [0.25, 0.3) is 10.9 Å². The minimum atomic E-state index is -0.102. The lowest BCUT2D eigenvalue weighted by molar-refractivity contribution is 0.340. The molecule has 170 valence electrons. The predicted octanol–water partition coefficient (Wildman–Crippen LogP) is 5.11. The third kappa shape index (κ3) is 6.21. The maximum absolute atomic E-state index is 12.8. The van der Waals surface area contributed by atoms with Crippen molar-refractivity contribution in [3.05, 3.63) is 98.5 Å². The molecule has 0 unspecified atom stereocenters. The zero-order valence-electron chi connectivity index (χ0n) is 18.5. The van der Waals surface area contributed by atoms with Gasteiger partial charge in [0, 0.05) is 27.9 Å². The molecule has 0 fully saturated rings. The van der Waals surface area contributed by atoms with Gasteiger partial charge in [0.25, 0.3) is 5.56 Å². The molecule has 0 aliphatic heterocycles. The number of hydrogen-bond acceptors (Lipinski definition) is 4. The number of aromatic nitrogens is 1. The Balaban J connectivity index is 1.52. The van der Waals surface area contributed by atoms with Gasteiger partial charge in [-0.3, -0.25) is 4.79 Å². The first kappa shape index (κ1) is 23.0. The molecule has 2 aromatic carbocycles. The smallest absolute Gasteiger partial charge is 0.253 e. The Morgan fingerprint density at radius 3 is 2.70 bits per heavy atom. The Hall–Kier alpha value is -3.16. The summed E-state index contributed by atoms with van der Waals surface area (Å²) >= 11 is 7.43. The lowest BCUT2D eigenvalue weighted by Gasteiger charge is -2.25. The summed E-state index contributed by atoms with van der Waals surface area (Å²) in [6.45, 7) is 4.34. The fourth-order valence-corrected chi connectivity index (χ4v) is 4.62. The fraction of sp³-hybridized carbons (Fsp3) is 0.231. The number of H-pyrrole nitrogens is 1. The molecule has 4 rings (SSSR count). The van der Waals surface area contributed by atoms with E-state index in [0.29, 0.717) is 30.4 Å². The molecule has 0 spiro atoms. The SMILES string of the molecule is CCOc1ccc2[nH]c(=O)c(CN(Cc3cccs3)C(=S)NCCc3ccccc3)cc2c1. The zero-order chi connectivity index (χ0) is 23.0. The molecule has 0 aliphatic carbocycles. The first-order valence-electron chi connectivity index (χ1n) is 11.0. The summed E-state index contributed by atoms with van der Waals surface area (Å²) in [6.07, 6.45) is 0.880. The van der Waals surface area contributed by atoms with E-state index in [9.17, 15) is 4.79 Å². The third-order valence-electron chi connectivity index (χ3n) is 5.31. The molecule has 4 aromatic rings. The van der Waals surface area contributed by atoms with Crippen molar-refractivity contribution in [3.63, 3.8) is 0 Å². The number of pyridine rings is 1. The molecule has 0 amide bonds. The number of fused-ring (bicyclic) bond motifs is 1. The standard InChI is InChI=1S/C26H27N3O2S2/c1-2-31-22-10-11-24-20(16-22)15-21(25(30)28-24)17-29(18-23-9-6-14-33-23)26(32)27-13-12-19-7-4-3-5-8-19/h3-11,14-16H,2,12-13,17-18H2,1H3,(H,27,32)(H,28,30). The largest absolute Gasteiger partial charge is 0.494 e. The number of thiophene rings is 1. The molecule has 2 N–H and O–H groups in total. The van der Waals surface area contributed by atoms with Crippen molar-refractivity contribution in [2.75, 3.05) is 13.2 Å². The molecule has 0 saturated heterocycles. The van der Waals surface area contributed by atoms with Gasteiger partial charge < -0.3 is 19.9 Å². The molecular weight excluding hydrogens is 450 g/mol. The highest BCUT2D eigenvalue weighted by molar-refractivity contribution is 7.80. The summed E-state index contributed by atoms with van der Waals surface area (Å²) in [4.78, 5) is 19.1. The molecule has 0 atom stereocenters. The molecular formula is C26H27N3O2S2. The van der Waals surface area contributed by atoms with Gasteiger partial charge in [-0.1, -0.05) is 36.4 Å². The van der Waals surface area contributed by atoms with Gasteiger partial charge in [-0.2, -0.15) is 0 Å². The molecule has 0 bridgehead atoms. The molecule has 33 heavy (non-hydrogen) atoms. The van der Waals surface area contributed by atoms with Crippen LogP contribution in [0.5, 0.6) is 5.75 Å². The number of rotatable bonds is 9. The number of thiocarbonyl (C=S) groups is 1. The van der Waals surface area contributed by atoms with Crippen molar-refractivity contribution in [1.82, 2.24) is 15.2 Å². The zero-order valence-corrected chi connectivity index (χ0v) is 20.2. The van der Waals surface area contributed by atoms with Crippen molar-refractivity contribution in [1.29, 1.82) is 0 Å². The average Bonchev–Trinajstić information content (AvgIpc) is 3.33. The minimum absolute atomic E-state index is 0.102. The fourth-order valence-electron chi connectivity index (χ4n) is 3.67. The number of aromatic amines is 1. The summed E-state index contributed by atoms with van der Waals surface area (Å²) in [7, 11) is 0. The molecule has 0 radical (unpaired) electrons. The van der Waals surface area contributed by atoms with Crippen molar-refractivity contribution < 1.29 is 4.74 Å². The van der Waals surface area contributed by atoms with Crippen molar-refractivity contribution in [2.24, 2.45) is 0 Å². The van der Waals surface area contributed by atoms with Crippen LogP contribution in [0.4, 0.5) is 0 Å². The quantitative estimate of drug-likeness (QED) is 0.328. The highest BCUT2D eigenvalue weighted by Gasteiger charge is 2.15. The average molecular weight is 478 g/mol. The van der Waals surface area contributed by atoms with Crippen LogP contribution in [0, 0.1) is 0 Å². The highest BCUT2D eigenvalue weighted by atomic mass is 32.1. The molecule has 0 aliphatic rings. The van der Waals surface area contributed by atoms with Crippen LogP contribution < -0.4 is 15.6 Å². The van der Waals surface area contributed by atoms with Crippen LogP contribution in [0.2, 0.25) is 0 Å². The van der Waals surface area contributed by atoms with E-state index >= 15 is 0 Å². The van der Waals surface area contributed by atoms with Crippen LogP contribution >= 0.6 is 23.6 Å². The second kappa shape index (κ2) is 11.1. The van der Waals surface area contributed by atoms with Gasteiger partial charge >= 0.3 is 0 Å². The van der Waals surface area contributed by atoms with Gasteiger partial charge in [0.2, 0.25) is 0 Å². The molecule has 0 saturated carbocycles. The van der Waals surface area contributed by atoms with Gasteiger partial charge in [0.1, 0.15) is 5.75 Å². The van der Waals surface area contributed by atoms with E-state index in [-0.39, 0.29) is 5.56 Å². The lowest BCUT2D eigenvalue weighted by atomic mass is 10.1. The molecule has 2 heterocycles. The van der Waals surface area contributed by atoms with Crippen molar-refractivity contribution >= 4 is 39.6 Å². The highest BCUT2D eigenvalue weighted by Crippen LogP contribution is 2.20. The predicted molar refractivity (Wildman–Crippen MR) is 140 cm³/mol. The van der Waals surface area contributed by atoms with E-state index in [1.807, 2.05) is 55.5 Å².